The van der Waals surface area contributed by atoms with Crippen LogP contribution in [0.4, 0.5) is 0 Å². The third kappa shape index (κ3) is 5.01. The van der Waals surface area contributed by atoms with Crippen LogP contribution in [-0.2, 0) is 21.2 Å². The molecular weight excluding hydrogens is 374 g/mol. The number of carbonyl (C=O) groups is 1. The van der Waals surface area contributed by atoms with Crippen molar-refractivity contribution >= 4 is 32.2 Å². The minimum atomic E-state index is -3.16. The third-order valence-electron chi connectivity index (χ3n) is 4.56. The van der Waals surface area contributed by atoms with Crippen molar-refractivity contribution in [2.75, 3.05) is 25.4 Å². The largest absolute Gasteiger partial charge is 0.356 e. The highest BCUT2D eigenvalue weighted by Gasteiger charge is 2.23. The molecule has 0 aromatic carbocycles. The lowest BCUT2D eigenvalue weighted by Crippen LogP contribution is -2.37. The van der Waals surface area contributed by atoms with Crippen molar-refractivity contribution in [2.24, 2.45) is 0 Å². The molecule has 8 nitrogen and oxygen atoms in total. The van der Waals surface area contributed by atoms with Gasteiger partial charge in [0, 0.05) is 37.9 Å². The maximum absolute atomic E-state index is 12.2. The molecule has 1 N–H and O–H groups in total. The maximum Gasteiger partial charge on any atom is 0.220 e. The molecule has 0 spiro atoms. The first-order valence-corrected chi connectivity index (χ1v) is 11.6. The summed E-state index contributed by atoms with van der Waals surface area (Å²) in [5.74, 6) is 0.102. The Kier molecular flexibility index (Phi) is 6.60. The van der Waals surface area contributed by atoms with Crippen LogP contribution in [0.25, 0.3) is 4.96 Å². The molecule has 1 saturated heterocycles. The molecule has 0 unspecified atom stereocenters. The van der Waals surface area contributed by atoms with Gasteiger partial charge in [-0.05, 0) is 25.7 Å². The molecule has 1 fully saturated rings. The van der Waals surface area contributed by atoms with Crippen molar-refractivity contribution in [3.8, 4) is 0 Å². The Bertz CT molecular complexity index is 824. The molecule has 0 radical (unpaired) electrons. The molecular formula is C16H25N5O3S2. The van der Waals surface area contributed by atoms with Gasteiger partial charge in [-0.25, -0.2) is 22.2 Å². The zero-order valence-electron chi connectivity index (χ0n) is 14.8. The van der Waals surface area contributed by atoms with E-state index in [1.165, 1.54) is 17.7 Å². The maximum atomic E-state index is 12.2. The number of fused-ring (bicyclic) bond motifs is 1. The molecule has 3 rings (SSSR count). The topological polar surface area (TPSA) is 96.7 Å². The predicted molar refractivity (Wildman–Crippen MR) is 101 cm³/mol. The van der Waals surface area contributed by atoms with Gasteiger partial charge in [0.25, 0.3) is 0 Å². The van der Waals surface area contributed by atoms with E-state index in [1.807, 2.05) is 5.38 Å². The summed E-state index contributed by atoms with van der Waals surface area (Å²) in [5, 5.41) is 9.02. The van der Waals surface area contributed by atoms with Crippen LogP contribution < -0.4 is 5.32 Å². The normalized spacial score (nSPS) is 16.2. The first-order chi connectivity index (χ1) is 12.6. The summed E-state index contributed by atoms with van der Waals surface area (Å²) in [6.07, 6.45) is 6.70. The van der Waals surface area contributed by atoms with Crippen molar-refractivity contribution in [1.29, 1.82) is 0 Å². The van der Waals surface area contributed by atoms with Crippen LogP contribution in [0, 0.1) is 0 Å². The summed E-state index contributed by atoms with van der Waals surface area (Å²) < 4.78 is 27.8. The van der Waals surface area contributed by atoms with E-state index >= 15 is 0 Å². The van der Waals surface area contributed by atoms with Crippen LogP contribution in [0.5, 0.6) is 0 Å². The van der Waals surface area contributed by atoms with Crippen LogP contribution in [-0.4, -0.2) is 58.6 Å². The second-order valence-electron chi connectivity index (χ2n) is 6.51. The van der Waals surface area contributed by atoms with Crippen molar-refractivity contribution in [3.63, 3.8) is 0 Å². The van der Waals surface area contributed by atoms with Gasteiger partial charge in [-0.15, -0.1) is 11.3 Å². The van der Waals surface area contributed by atoms with Gasteiger partial charge in [-0.1, -0.05) is 6.42 Å². The van der Waals surface area contributed by atoms with E-state index in [9.17, 15) is 13.2 Å². The Morgan fingerprint density at radius 3 is 2.85 bits per heavy atom. The fourth-order valence-corrected chi connectivity index (χ4v) is 5.58. The van der Waals surface area contributed by atoms with Gasteiger partial charge in [0.05, 0.1) is 11.4 Å². The van der Waals surface area contributed by atoms with Gasteiger partial charge in [0.15, 0.2) is 0 Å². The highest BCUT2D eigenvalue weighted by Crippen LogP contribution is 2.15. The Morgan fingerprint density at radius 2 is 2.04 bits per heavy atom. The summed E-state index contributed by atoms with van der Waals surface area (Å²) >= 11 is 1.53. The third-order valence-corrected chi connectivity index (χ3v) is 7.39. The standard InChI is InChI=1S/C16H25N5O3S2/c22-15(17-8-7-14-12-25-16-18-13-19-21(14)16)6-2-5-11-26(23,24)20-9-3-1-4-10-20/h12-13H,1-11H2,(H,17,22). The summed E-state index contributed by atoms with van der Waals surface area (Å²) in [6, 6.07) is 0. The minimum absolute atomic E-state index is 0.0366. The lowest BCUT2D eigenvalue weighted by atomic mass is 10.2. The first kappa shape index (κ1) is 19.2. The van der Waals surface area contributed by atoms with Crippen molar-refractivity contribution in [3.05, 3.63) is 17.4 Å². The van der Waals surface area contributed by atoms with Gasteiger partial charge in [0.1, 0.15) is 6.33 Å². The molecule has 3 heterocycles. The molecule has 1 aliphatic rings. The number of nitrogens with one attached hydrogen (secondary N) is 1. The van der Waals surface area contributed by atoms with Crippen LogP contribution >= 0.6 is 11.3 Å². The number of hydrogen-bond acceptors (Lipinski definition) is 6. The number of sulfonamides is 1. The highest BCUT2D eigenvalue weighted by molar-refractivity contribution is 7.89. The monoisotopic (exact) mass is 399 g/mol. The quantitative estimate of drug-likeness (QED) is 0.644. The SMILES string of the molecule is O=C(CCCCS(=O)(=O)N1CCCCC1)NCCc1csc2ncnn12. The molecule has 0 bridgehead atoms. The molecule has 10 heteroatoms. The Labute approximate surface area is 157 Å². The lowest BCUT2D eigenvalue weighted by molar-refractivity contribution is -0.121. The zero-order valence-corrected chi connectivity index (χ0v) is 16.4. The van der Waals surface area contributed by atoms with E-state index in [4.69, 9.17) is 0 Å². The average molecular weight is 400 g/mol. The van der Waals surface area contributed by atoms with Gasteiger partial charge in [0.2, 0.25) is 20.9 Å². The molecule has 0 aliphatic carbocycles. The summed E-state index contributed by atoms with van der Waals surface area (Å²) in [4.78, 5) is 16.9. The van der Waals surface area contributed by atoms with E-state index in [0.717, 1.165) is 29.9 Å². The van der Waals surface area contributed by atoms with Gasteiger partial charge in [-0.2, -0.15) is 5.10 Å². The predicted octanol–water partition coefficient (Wildman–Crippen LogP) is 1.44. The summed E-state index contributed by atoms with van der Waals surface area (Å²) in [6.45, 7) is 1.82. The Balaban J connectivity index is 1.31. The number of rotatable bonds is 9. The van der Waals surface area contributed by atoms with Gasteiger partial charge in [-0.3, -0.25) is 4.79 Å². The molecule has 0 saturated carbocycles. The molecule has 0 atom stereocenters. The number of unbranched alkanes of at least 4 members (excludes halogenated alkanes) is 1. The van der Waals surface area contributed by atoms with E-state index in [0.29, 0.717) is 45.3 Å². The smallest absolute Gasteiger partial charge is 0.220 e. The zero-order chi connectivity index (χ0) is 18.4. The number of carbonyl (C=O) groups excluding carboxylic acids is 1. The number of nitrogens with zero attached hydrogens (tertiary/aromatic N) is 4. The Hall–Kier alpha value is -1.52. The summed E-state index contributed by atoms with van der Waals surface area (Å²) in [5.41, 5.74) is 1.02. The minimum Gasteiger partial charge on any atom is -0.356 e. The van der Waals surface area contributed by atoms with E-state index in [1.54, 1.807) is 8.82 Å². The molecule has 26 heavy (non-hydrogen) atoms. The van der Waals surface area contributed by atoms with Gasteiger partial charge >= 0.3 is 0 Å². The highest BCUT2D eigenvalue weighted by atomic mass is 32.2. The lowest BCUT2D eigenvalue weighted by Gasteiger charge is -2.25. The second-order valence-corrected chi connectivity index (χ2v) is 9.44. The first-order valence-electron chi connectivity index (χ1n) is 9.07. The van der Waals surface area contributed by atoms with E-state index in [-0.39, 0.29) is 11.7 Å². The number of hydrogen-bond donors (Lipinski definition) is 1. The number of piperidine rings is 1. The molecule has 2 aromatic heterocycles. The van der Waals surface area contributed by atoms with Crippen LogP contribution in [0.1, 0.15) is 44.2 Å². The van der Waals surface area contributed by atoms with Crippen LogP contribution in [0.15, 0.2) is 11.7 Å². The molecule has 144 valence electrons. The van der Waals surface area contributed by atoms with E-state index < -0.39 is 10.0 Å². The van der Waals surface area contributed by atoms with Crippen molar-refractivity contribution in [2.45, 2.75) is 44.9 Å². The van der Waals surface area contributed by atoms with Crippen LogP contribution in [0.2, 0.25) is 0 Å². The fraction of sp³-hybridized carbons (Fsp3) is 0.688. The number of aromatic nitrogens is 3. The second kappa shape index (κ2) is 8.92. The van der Waals surface area contributed by atoms with Crippen molar-refractivity contribution < 1.29 is 13.2 Å². The van der Waals surface area contributed by atoms with E-state index in [2.05, 4.69) is 15.4 Å². The van der Waals surface area contributed by atoms with Gasteiger partial charge < -0.3 is 5.32 Å². The summed E-state index contributed by atoms with van der Waals surface area (Å²) in [7, 11) is -3.16. The Morgan fingerprint density at radius 1 is 1.23 bits per heavy atom. The molecule has 1 amide bonds. The molecule has 2 aromatic rings. The number of thiazole rings is 1. The average Bonchev–Trinajstić information content (AvgIpc) is 3.24. The van der Waals surface area contributed by atoms with Crippen molar-refractivity contribution in [1.82, 2.24) is 24.2 Å². The van der Waals surface area contributed by atoms with Crippen LogP contribution in [0.3, 0.4) is 0 Å². The fourth-order valence-electron chi connectivity index (χ4n) is 3.10. The molecule has 1 aliphatic heterocycles. The number of amides is 1.